The van der Waals surface area contributed by atoms with Gasteiger partial charge >= 0.3 is 0 Å². The number of hydrogen-bond donors (Lipinski definition) is 1. The first-order valence-corrected chi connectivity index (χ1v) is 8.32. The Labute approximate surface area is 123 Å². The highest BCUT2D eigenvalue weighted by Crippen LogP contribution is 2.38. The molecule has 20 heavy (non-hydrogen) atoms. The van der Waals surface area contributed by atoms with Crippen molar-refractivity contribution in [3.8, 4) is 5.75 Å². The maximum absolute atomic E-state index is 10.1. The lowest BCUT2D eigenvalue weighted by atomic mass is 9.86. The molecule has 2 rings (SSSR count). The van der Waals surface area contributed by atoms with E-state index in [0.29, 0.717) is 11.8 Å². The van der Waals surface area contributed by atoms with E-state index in [-0.39, 0.29) is 0 Å². The van der Waals surface area contributed by atoms with E-state index in [1.807, 2.05) is 12.1 Å². The molecule has 1 aromatic carbocycles. The summed E-state index contributed by atoms with van der Waals surface area (Å²) >= 11 is 0. The number of rotatable bonds is 7. The quantitative estimate of drug-likeness (QED) is 0.781. The topological polar surface area (TPSA) is 23.5 Å². The average Bonchev–Trinajstić information content (AvgIpc) is 2.48. The van der Waals surface area contributed by atoms with E-state index in [1.165, 1.54) is 62.7 Å². The molecule has 0 saturated carbocycles. The van der Waals surface area contributed by atoms with Crippen LogP contribution in [0.15, 0.2) is 18.2 Å². The SMILES string of the molecule is CCCCN(CCCC)C1CCCc2c(O)cccc21. The zero-order chi connectivity index (χ0) is 14.4. The highest BCUT2D eigenvalue weighted by Gasteiger charge is 2.26. The Morgan fingerprint density at radius 3 is 2.50 bits per heavy atom. The zero-order valence-corrected chi connectivity index (χ0v) is 13.1. The maximum Gasteiger partial charge on any atom is 0.119 e. The van der Waals surface area contributed by atoms with Crippen LogP contribution < -0.4 is 0 Å². The Balaban J connectivity index is 2.19. The van der Waals surface area contributed by atoms with Crippen molar-refractivity contribution >= 4 is 0 Å². The van der Waals surface area contributed by atoms with Crippen molar-refractivity contribution < 1.29 is 5.11 Å². The van der Waals surface area contributed by atoms with Crippen molar-refractivity contribution in [2.24, 2.45) is 0 Å². The third-order valence-electron chi connectivity index (χ3n) is 4.49. The van der Waals surface area contributed by atoms with Gasteiger partial charge < -0.3 is 5.11 Å². The number of unbranched alkanes of at least 4 members (excludes halogenated alkanes) is 2. The van der Waals surface area contributed by atoms with Gasteiger partial charge in [0.1, 0.15) is 5.75 Å². The lowest BCUT2D eigenvalue weighted by Crippen LogP contribution is -2.33. The molecule has 112 valence electrons. The van der Waals surface area contributed by atoms with E-state index < -0.39 is 0 Å². The summed E-state index contributed by atoms with van der Waals surface area (Å²) in [5.41, 5.74) is 2.57. The Hall–Kier alpha value is -1.02. The molecular formula is C18H29NO. The molecule has 1 N–H and O–H groups in total. The summed E-state index contributed by atoms with van der Waals surface area (Å²) in [5, 5.41) is 10.1. The third kappa shape index (κ3) is 3.54. The fourth-order valence-corrected chi connectivity index (χ4v) is 3.33. The van der Waals surface area contributed by atoms with Crippen LogP contribution in [0, 0.1) is 0 Å². The summed E-state index contributed by atoms with van der Waals surface area (Å²) < 4.78 is 0. The number of nitrogens with zero attached hydrogens (tertiary/aromatic N) is 1. The summed E-state index contributed by atoms with van der Waals surface area (Å²) in [4.78, 5) is 2.66. The molecule has 0 saturated heterocycles. The van der Waals surface area contributed by atoms with E-state index >= 15 is 0 Å². The van der Waals surface area contributed by atoms with Gasteiger partial charge in [-0.2, -0.15) is 0 Å². The normalized spacial score (nSPS) is 18.2. The molecule has 0 heterocycles. The fourth-order valence-electron chi connectivity index (χ4n) is 3.33. The first-order valence-electron chi connectivity index (χ1n) is 8.32. The van der Waals surface area contributed by atoms with Gasteiger partial charge in [-0.3, -0.25) is 4.90 Å². The predicted octanol–water partition coefficient (Wildman–Crippen LogP) is 4.67. The number of phenolic OH excluding ortho intramolecular Hbond substituents is 1. The zero-order valence-electron chi connectivity index (χ0n) is 13.1. The molecule has 1 aliphatic rings. The Morgan fingerprint density at radius 1 is 1.15 bits per heavy atom. The number of aromatic hydroxyl groups is 1. The van der Waals surface area contributed by atoms with Crippen LogP contribution in [0.3, 0.4) is 0 Å². The Bertz CT molecular complexity index is 408. The molecule has 1 unspecified atom stereocenters. The molecular weight excluding hydrogens is 246 g/mol. The van der Waals surface area contributed by atoms with Gasteiger partial charge in [0.2, 0.25) is 0 Å². The molecule has 1 aliphatic carbocycles. The van der Waals surface area contributed by atoms with Gasteiger partial charge in [-0.1, -0.05) is 38.8 Å². The van der Waals surface area contributed by atoms with Gasteiger partial charge in [0.25, 0.3) is 0 Å². The van der Waals surface area contributed by atoms with Crippen LogP contribution >= 0.6 is 0 Å². The molecule has 0 fully saturated rings. The van der Waals surface area contributed by atoms with E-state index in [1.54, 1.807) is 0 Å². The average molecular weight is 275 g/mol. The lowest BCUT2D eigenvalue weighted by molar-refractivity contribution is 0.172. The van der Waals surface area contributed by atoms with E-state index in [4.69, 9.17) is 0 Å². The molecule has 0 radical (unpaired) electrons. The van der Waals surface area contributed by atoms with Crippen LogP contribution in [0.5, 0.6) is 5.75 Å². The second-order valence-electron chi connectivity index (χ2n) is 6.00. The number of benzene rings is 1. The Morgan fingerprint density at radius 2 is 1.85 bits per heavy atom. The maximum atomic E-state index is 10.1. The highest BCUT2D eigenvalue weighted by atomic mass is 16.3. The van der Waals surface area contributed by atoms with Crippen LogP contribution in [0.25, 0.3) is 0 Å². The number of fused-ring (bicyclic) bond motifs is 1. The minimum atomic E-state index is 0.498. The van der Waals surface area contributed by atoms with Crippen LogP contribution in [0.2, 0.25) is 0 Å². The van der Waals surface area contributed by atoms with Gasteiger partial charge in [-0.25, -0.2) is 0 Å². The van der Waals surface area contributed by atoms with E-state index in [2.05, 4.69) is 24.8 Å². The lowest BCUT2D eigenvalue weighted by Gasteiger charge is -2.36. The smallest absolute Gasteiger partial charge is 0.119 e. The summed E-state index contributed by atoms with van der Waals surface area (Å²) in [6.07, 6.45) is 8.52. The Kier molecular flexibility index (Phi) is 5.90. The molecule has 0 spiro atoms. The standard InChI is InChI=1S/C18H29NO/c1-3-5-13-19(14-6-4-2)17-11-7-10-16-15(17)9-8-12-18(16)20/h8-9,12,17,20H,3-7,10-11,13-14H2,1-2H3. The van der Waals surface area contributed by atoms with Crippen molar-refractivity contribution in [1.82, 2.24) is 4.90 Å². The van der Waals surface area contributed by atoms with Crippen molar-refractivity contribution in [3.05, 3.63) is 29.3 Å². The molecule has 0 aliphatic heterocycles. The largest absolute Gasteiger partial charge is 0.508 e. The summed E-state index contributed by atoms with van der Waals surface area (Å²) in [7, 11) is 0. The molecule has 1 aromatic rings. The predicted molar refractivity (Wildman–Crippen MR) is 85.2 cm³/mol. The molecule has 0 aromatic heterocycles. The minimum absolute atomic E-state index is 0.498. The molecule has 1 atom stereocenters. The van der Waals surface area contributed by atoms with E-state index in [9.17, 15) is 5.11 Å². The molecule has 0 amide bonds. The van der Waals surface area contributed by atoms with Crippen molar-refractivity contribution in [2.45, 2.75) is 64.8 Å². The first-order chi connectivity index (χ1) is 9.77. The molecule has 2 heteroatoms. The fraction of sp³-hybridized carbons (Fsp3) is 0.667. The number of hydrogen-bond acceptors (Lipinski definition) is 2. The summed E-state index contributed by atoms with van der Waals surface area (Å²) in [5.74, 6) is 0.498. The molecule has 2 nitrogen and oxygen atoms in total. The van der Waals surface area contributed by atoms with Crippen LogP contribution in [0.1, 0.15) is 69.5 Å². The van der Waals surface area contributed by atoms with Crippen molar-refractivity contribution in [3.63, 3.8) is 0 Å². The second-order valence-corrected chi connectivity index (χ2v) is 6.00. The van der Waals surface area contributed by atoms with E-state index in [0.717, 1.165) is 6.42 Å². The van der Waals surface area contributed by atoms with Crippen LogP contribution in [-0.2, 0) is 6.42 Å². The summed E-state index contributed by atoms with van der Waals surface area (Å²) in [6, 6.07) is 6.58. The highest BCUT2D eigenvalue weighted by molar-refractivity contribution is 5.42. The van der Waals surface area contributed by atoms with Gasteiger partial charge in [0.15, 0.2) is 0 Å². The van der Waals surface area contributed by atoms with Gasteiger partial charge in [-0.15, -0.1) is 0 Å². The monoisotopic (exact) mass is 275 g/mol. The van der Waals surface area contributed by atoms with Gasteiger partial charge in [-0.05, 0) is 62.4 Å². The number of phenols is 1. The van der Waals surface area contributed by atoms with Crippen molar-refractivity contribution in [1.29, 1.82) is 0 Å². The first kappa shape index (κ1) is 15.4. The van der Waals surface area contributed by atoms with Crippen LogP contribution in [0.4, 0.5) is 0 Å². The molecule has 0 bridgehead atoms. The van der Waals surface area contributed by atoms with Gasteiger partial charge in [0, 0.05) is 6.04 Å². The van der Waals surface area contributed by atoms with Gasteiger partial charge in [0.05, 0.1) is 0 Å². The minimum Gasteiger partial charge on any atom is -0.508 e. The summed E-state index contributed by atoms with van der Waals surface area (Å²) in [6.45, 7) is 6.91. The third-order valence-corrected chi connectivity index (χ3v) is 4.49. The van der Waals surface area contributed by atoms with Crippen LogP contribution in [-0.4, -0.2) is 23.1 Å². The second kappa shape index (κ2) is 7.68. The van der Waals surface area contributed by atoms with Crippen molar-refractivity contribution in [2.75, 3.05) is 13.1 Å².